The smallest absolute Gasteiger partial charge is 0.251 e. The quantitative estimate of drug-likeness (QED) is 0.873. The molecule has 0 fully saturated rings. The number of benzene rings is 2. The first-order valence-corrected chi connectivity index (χ1v) is 8.18. The maximum Gasteiger partial charge on any atom is 0.251 e. The van der Waals surface area contributed by atoms with Crippen LogP contribution in [0, 0.1) is 0 Å². The fraction of sp³-hybridized carbons (Fsp3) is 0.316. The van der Waals surface area contributed by atoms with Crippen LogP contribution in [0.5, 0.6) is 23.0 Å². The topological polar surface area (TPSA) is 66.0 Å². The van der Waals surface area contributed by atoms with Crippen LogP contribution in [0.4, 0.5) is 0 Å². The number of para-hydroxylation sites is 2. The molecule has 132 valence electrons. The minimum atomic E-state index is -0.233. The summed E-state index contributed by atoms with van der Waals surface area (Å²) in [6, 6.07) is 12.6. The lowest BCUT2D eigenvalue weighted by Gasteiger charge is -2.26. The van der Waals surface area contributed by atoms with Crippen LogP contribution in [0.15, 0.2) is 42.5 Å². The third kappa shape index (κ3) is 3.96. The second-order valence-corrected chi connectivity index (χ2v) is 5.51. The molecule has 1 aliphatic rings. The summed E-state index contributed by atoms with van der Waals surface area (Å²) in [7, 11) is 1.55. The van der Waals surface area contributed by atoms with E-state index in [4.69, 9.17) is 18.9 Å². The molecule has 1 heterocycles. The van der Waals surface area contributed by atoms with Crippen molar-refractivity contribution in [2.75, 3.05) is 26.9 Å². The molecule has 1 aliphatic heterocycles. The summed E-state index contributed by atoms with van der Waals surface area (Å²) in [5.74, 6) is 2.35. The lowest BCUT2D eigenvalue weighted by Crippen LogP contribution is -2.40. The molecule has 0 aliphatic carbocycles. The molecule has 0 aromatic heterocycles. The Morgan fingerprint density at radius 2 is 2.00 bits per heavy atom. The molecule has 6 nitrogen and oxygen atoms in total. The summed E-state index contributed by atoms with van der Waals surface area (Å²) < 4.78 is 22.2. The lowest BCUT2D eigenvalue weighted by molar-refractivity contribution is 0.0789. The number of carbonyl (C=O) groups excluding carboxylic acids is 1. The van der Waals surface area contributed by atoms with E-state index in [1.165, 1.54) is 0 Å². The van der Waals surface area contributed by atoms with Crippen molar-refractivity contribution in [1.82, 2.24) is 5.32 Å². The molecule has 0 radical (unpaired) electrons. The molecule has 25 heavy (non-hydrogen) atoms. The van der Waals surface area contributed by atoms with Crippen molar-refractivity contribution in [3.63, 3.8) is 0 Å². The van der Waals surface area contributed by atoms with Crippen LogP contribution in [0.1, 0.15) is 17.3 Å². The minimum Gasteiger partial charge on any atom is -0.493 e. The van der Waals surface area contributed by atoms with Gasteiger partial charge in [0, 0.05) is 5.56 Å². The first-order chi connectivity index (χ1) is 12.2. The van der Waals surface area contributed by atoms with E-state index in [2.05, 4.69) is 5.32 Å². The highest BCUT2D eigenvalue weighted by Crippen LogP contribution is 2.31. The van der Waals surface area contributed by atoms with Crippen molar-refractivity contribution in [1.29, 1.82) is 0 Å². The standard InChI is InChI=1S/C19H21NO5/c1-3-23-16-9-8-13(10-18(16)22-2)19(21)20-11-14-12-24-15-6-4-5-7-17(15)25-14/h4-10,14H,3,11-12H2,1-2H3,(H,20,21). The summed E-state index contributed by atoms with van der Waals surface area (Å²) in [6.07, 6.45) is -0.233. The van der Waals surface area contributed by atoms with Gasteiger partial charge in [0.25, 0.3) is 5.91 Å². The summed E-state index contributed by atoms with van der Waals surface area (Å²) in [6.45, 7) is 3.17. The van der Waals surface area contributed by atoms with Crippen LogP contribution in [0.2, 0.25) is 0 Å². The van der Waals surface area contributed by atoms with Gasteiger partial charge >= 0.3 is 0 Å². The van der Waals surface area contributed by atoms with Crippen molar-refractivity contribution in [2.24, 2.45) is 0 Å². The Morgan fingerprint density at radius 1 is 1.20 bits per heavy atom. The maximum atomic E-state index is 12.4. The first-order valence-electron chi connectivity index (χ1n) is 8.18. The number of nitrogens with one attached hydrogen (secondary N) is 1. The molecule has 1 N–H and O–H groups in total. The van der Waals surface area contributed by atoms with Crippen molar-refractivity contribution >= 4 is 5.91 Å². The number of hydrogen-bond donors (Lipinski definition) is 1. The minimum absolute atomic E-state index is 0.205. The van der Waals surface area contributed by atoms with E-state index >= 15 is 0 Å². The third-order valence-corrected chi connectivity index (χ3v) is 3.78. The Hall–Kier alpha value is -2.89. The molecular weight excluding hydrogens is 322 g/mol. The highest BCUT2D eigenvalue weighted by Gasteiger charge is 2.21. The Bertz CT molecular complexity index is 746. The summed E-state index contributed by atoms with van der Waals surface area (Å²) in [4.78, 5) is 12.4. The fourth-order valence-electron chi connectivity index (χ4n) is 2.56. The number of hydrogen-bond acceptors (Lipinski definition) is 5. The molecule has 0 saturated carbocycles. The molecule has 3 rings (SSSR count). The van der Waals surface area contributed by atoms with Gasteiger partial charge in [0.2, 0.25) is 0 Å². The van der Waals surface area contributed by atoms with Crippen molar-refractivity contribution in [3.05, 3.63) is 48.0 Å². The number of ether oxygens (including phenoxy) is 4. The second kappa shape index (κ2) is 7.79. The fourth-order valence-corrected chi connectivity index (χ4v) is 2.56. The number of rotatable bonds is 6. The van der Waals surface area contributed by atoms with Gasteiger partial charge in [-0.05, 0) is 37.3 Å². The van der Waals surface area contributed by atoms with E-state index in [1.807, 2.05) is 31.2 Å². The number of carbonyl (C=O) groups is 1. The molecule has 1 unspecified atom stereocenters. The van der Waals surface area contributed by atoms with E-state index in [0.29, 0.717) is 42.6 Å². The third-order valence-electron chi connectivity index (χ3n) is 3.78. The second-order valence-electron chi connectivity index (χ2n) is 5.51. The van der Waals surface area contributed by atoms with E-state index < -0.39 is 0 Å². The van der Waals surface area contributed by atoms with Gasteiger partial charge in [-0.2, -0.15) is 0 Å². The van der Waals surface area contributed by atoms with Gasteiger partial charge in [-0.25, -0.2) is 0 Å². The average Bonchev–Trinajstić information content (AvgIpc) is 2.66. The molecule has 6 heteroatoms. The van der Waals surface area contributed by atoms with Crippen molar-refractivity contribution in [3.8, 4) is 23.0 Å². The zero-order valence-electron chi connectivity index (χ0n) is 14.3. The molecule has 0 bridgehead atoms. The van der Waals surface area contributed by atoms with E-state index in [-0.39, 0.29) is 12.0 Å². The molecule has 0 saturated heterocycles. The van der Waals surface area contributed by atoms with Gasteiger partial charge in [-0.1, -0.05) is 12.1 Å². The van der Waals surface area contributed by atoms with Crippen LogP contribution in [0.3, 0.4) is 0 Å². The van der Waals surface area contributed by atoms with Crippen LogP contribution in [-0.2, 0) is 0 Å². The molecule has 2 aromatic rings. The summed E-state index contributed by atoms with van der Waals surface area (Å²) in [5.41, 5.74) is 0.498. The largest absolute Gasteiger partial charge is 0.493 e. The Balaban J connectivity index is 1.60. The zero-order chi connectivity index (χ0) is 17.6. The zero-order valence-corrected chi connectivity index (χ0v) is 14.3. The first kappa shape index (κ1) is 17.0. The van der Waals surface area contributed by atoms with Gasteiger partial charge in [0.1, 0.15) is 12.7 Å². The molecule has 0 spiro atoms. The van der Waals surface area contributed by atoms with Crippen molar-refractivity contribution in [2.45, 2.75) is 13.0 Å². The Kier molecular flexibility index (Phi) is 5.28. The predicted molar refractivity (Wildman–Crippen MR) is 92.8 cm³/mol. The highest BCUT2D eigenvalue weighted by atomic mass is 16.6. The Morgan fingerprint density at radius 3 is 2.76 bits per heavy atom. The lowest BCUT2D eigenvalue weighted by atomic mass is 10.2. The van der Waals surface area contributed by atoms with E-state index in [9.17, 15) is 4.79 Å². The summed E-state index contributed by atoms with van der Waals surface area (Å²) in [5, 5.41) is 2.86. The summed E-state index contributed by atoms with van der Waals surface area (Å²) >= 11 is 0. The Labute approximate surface area is 146 Å². The van der Waals surface area contributed by atoms with Gasteiger partial charge < -0.3 is 24.3 Å². The van der Waals surface area contributed by atoms with Gasteiger partial charge in [-0.3, -0.25) is 4.79 Å². The maximum absolute atomic E-state index is 12.4. The molecular formula is C19H21NO5. The molecule has 1 amide bonds. The van der Waals surface area contributed by atoms with E-state index in [1.54, 1.807) is 25.3 Å². The molecule has 1 atom stereocenters. The molecule has 2 aromatic carbocycles. The van der Waals surface area contributed by atoms with Crippen LogP contribution in [-0.4, -0.2) is 38.9 Å². The highest BCUT2D eigenvalue weighted by molar-refractivity contribution is 5.94. The number of methoxy groups -OCH3 is 1. The predicted octanol–water partition coefficient (Wildman–Crippen LogP) is 2.66. The van der Waals surface area contributed by atoms with E-state index in [0.717, 1.165) is 5.75 Å². The number of amides is 1. The van der Waals surface area contributed by atoms with Crippen molar-refractivity contribution < 1.29 is 23.7 Å². The van der Waals surface area contributed by atoms with Crippen LogP contribution in [0.25, 0.3) is 0 Å². The SMILES string of the molecule is CCOc1ccc(C(=O)NCC2COc3ccccc3O2)cc1OC. The normalized spacial score (nSPS) is 15.4. The number of fused-ring (bicyclic) bond motifs is 1. The average molecular weight is 343 g/mol. The van der Waals surface area contributed by atoms with Crippen LogP contribution >= 0.6 is 0 Å². The van der Waals surface area contributed by atoms with Gasteiger partial charge in [-0.15, -0.1) is 0 Å². The monoisotopic (exact) mass is 343 g/mol. The van der Waals surface area contributed by atoms with Crippen LogP contribution < -0.4 is 24.3 Å². The van der Waals surface area contributed by atoms with Gasteiger partial charge in [0.15, 0.2) is 23.0 Å². The van der Waals surface area contributed by atoms with Gasteiger partial charge in [0.05, 0.1) is 20.3 Å².